The van der Waals surface area contributed by atoms with Crippen LogP contribution in [-0.2, 0) is 11.3 Å². The van der Waals surface area contributed by atoms with Gasteiger partial charge in [0.15, 0.2) is 5.78 Å². The van der Waals surface area contributed by atoms with Crippen molar-refractivity contribution < 1.29 is 14.3 Å². The molecule has 0 radical (unpaired) electrons. The number of Topliss-reactive ketones (excluding diaryl/α,β-unsaturated/α-hetero) is 1. The number of nitrogens with two attached hydrogens (primary N) is 1. The maximum Gasteiger partial charge on any atom is 0.407 e. The lowest BCUT2D eigenvalue weighted by atomic mass is 10.1. The van der Waals surface area contributed by atoms with Crippen LogP contribution in [0.3, 0.4) is 0 Å². The lowest BCUT2D eigenvalue weighted by Crippen LogP contribution is -2.24. The van der Waals surface area contributed by atoms with E-state index >= 15 is 0 Å². The molecule has 0 aliphatic heterocycles. The molecule has 0 atom stereocenters. The molecule has 0 aliphatic carbocycles. The number of carbonyl (C=O) groups is 2. The zero-order chi connectivity index (χ0) is 17.9. The van der Waals surface area contributed by atoms with Crippen molar-refractivity contribution in [2.24, 2.45) is 5.73 Å². The van der Waals surface area contributed by atoms with Crippen LogP contribution in [0.1, 0.15) is 27.9 Å². The van der Waals surface area contributed by atoms with Crippen LogP contribution in [-0.4, -0.2) is 25.0 Å². The molecule has 0 saturated carbocycles. The lowest BCUT2D eigenvalue weighted by molar-refractivity contribution is 0.100. The predicted octanol–water partition coefficient (Wildman–Crippen LogP) is 3.16. The maximum atomic E-state index is 11.6. The highest BCUT2D eigenvalue weighted by molar-refractivity contribution is 5.97. The quantitative estimate of drug-likeness (QED) is 0.572. The molecule has 5 heteroatoms. The van der Waals surface area contributed by atoms with Crippen LogP contribution in [0.5, 0.6) is 0 Å². The van der Waals surface area contributed by atoms with Gasteiger partial charge in [-0.3, -0.25) is 4.79 Å². The zero-order valence-electron chi connectivity index (χ0n) is 14.0. The van der Waals surface area contributed by atoms with Crippen molar-refractivity contribution in [1.29, 1.82) is 0 Å². The summed E-state index contributed by atoms with van der Waals surface area (Å²) in [6.45, 7) is 0.769. The molecule has 0 aliphatic rings. The summed E-state index contributed by atoms with van der Waals surface area (Å²) in [4.78, 5) is 23.0. The van der Waals surface area contributed by atoms with E-state index in [1.807, 2.05) is 54.6 Å². The molecule has 2 rings (SSSR count). The van der Waals surface area contributed by atoms with E-state index in [2.05, 4.69) is 5.32 Å². The number of ketones is 1. The van der Waals surface area contributed by atoms with Gasteiger partial charge in [-0.15, -0.1) is 0 Å². The fourth-order valence-electron chi connectivity index (χ4n) is 2.15. The molecule has 0 spiro atoms. The Morgan fingerprint density at radius 2 is 1.76 bits per heavy atom. The van der Waals surface area contributed by atoms with Gasteiger partial charge in [0, 0.05) is 12.1 Å². The fraction of sp³-hybridized carbons (Fsp3) is 0.200. The number of amides is 1. The van der Waals surface area contributed by atoms with Crippen LogP contribution in [0.15, 0.2) is 60.7 Å². The summed E-state index contributed by atoms with van der Waals surface area (Å²) in [6, 6.07) is 16.8. The van der Waals surface area contributed by atoms with E-state index in [1.165, 1.54) is 0 Å². The molecule has 3 N–H and O–H groups in total. The van der Waals surface area contributed by atoms with Crippen LogP contribution < -0.4 is 11.1 Å². The Morgan fingerprint density at radius 1 is 1.04 bits per heavy atom. The molecule has 1 amide bonds. The minimum absolute atomic E-state index is 0.0151. The van der Waals surface area contributed by atoms with Crippen LogP contribution >= 0.6 is 0 Å². The molecule has 0 saturated heterocycles. The van der Waals surface area contributed by atoms with E-state index < -0.39 is 6.09 Å². The third kappa shape index (κ3) is 6.61. The molecule has 0 heterocycles. The Morgan fingerprint density at radius 3 is 2.44 bits per heavy atom. The van der Waals surface area contributed by atoms with E-state index in [4.69, 9.17) is 10.5 Å². The van der Waals surface area contributed by atoms with Gasteiger partial charge < -0.3 is 15.8 Å². The third-order valence-corrected chi connectivity index (χ3v) is 3.52. The first-order chi connectivity index (χ1) is 12.2. The van der Waals surface area contributed by atoms with Crippen molar-refractivity contribution in [2.45, 2.75) is 13.0 Å². The number of alkyl carbamates (subject to hydrolysis) is 1. The Hall–Kier alpha value is -2.92. The second kappa shape index (κ2) is 10.1. The van der Waals surface area contributed by atoms with E-state index in [0.29, 0.717) is 18.5 Å². The van der Waals surface area contributed by atoms with E-state index in [0.717, 1.165) is 11.1 Å². The van der Waals surface area contributed by atoms with Gasteiger partial charge in [-0.2, -0.15) is 0 Å². The standard InChI is InChI=1S/C20H22N2O3/c21-14-19(23)18-11-9-16(10-12-18)6-4-5-13-22-20(24)25-15-17-7-2-1-3-8-17/h1-4,6-12H,5,13-15,21H2,(H,22,24). The zero-order valence-corrected chi connectivity index (χ0v) is 14.0. The fourth-order valence-corrected chi connectivity index (χ4v) is 2.15. The first kappa shape index (κ1) is 18.4. The van der Waals surface area contributed by atoms with Gasteiger partial charge in [0.25, 0.3) is 0 Å². The minimum Gasteiger partial charge on any atom is -0.445 e. The van der Waals surface area contributed by atoms with Crippen molar-refractivity contribution in [3.05, 3.63) is 77.4 Å². The predicted molar refractivity (Wildman–Crippen MR) is 98.1 cm³/mol. The Kier molecular flexibility index (Phi) is 7.41. The SMILES string of the molecule is NCC(=O)c1ccc(C=CCCNC(=O)OCc2ccccc2)cc1. The highest BCUT2D eigenvalue weighted by Gasteiger charge is 2.02. The van der Waals surface area contributed by atoms with Gasteiger partial charge in [-0.05, 0) is 17.5 Å². The Labute approximate surface area is 147 Å². The van der Waals surface area contributed by atoms with Gasteiger partial charge in [-0.1, -0.05) is 66.7 Å². The van der Waals surface area contributed by atoms with Crippen molar-refractivity contribution in [1.82, 2.24) is 5.32 Å². The van der Waals surface area contributed by atoms with Crippen molar-refractivity contribution >= 4 is 18.0 Å². The number of benzene rings is 2. The average Bonchev–Trinajstić information content (AvgIpc) is 2.67. The number of hydrogen-bond donors (Lipinski definition) is 2. The van der Waals surface area contributed by atoms with Crippen LogP contribution in [0.4, 0.5) is 4.79 Å². The van der Waals surface area contributed by atoms with Gasteiger partial charge in [0.1, 0.15) is 6.61 Å². The van der Waals surface area contributed by atoms with E-state index in [9.17, 15) is 9.59 Å². The molecule has 0 aromatic heterocycles. The summed E-state index contributed by atoms with van der Waals surface area (Å²) in [6.07, 6.45) is 4.15. The summed E-state index contributed by atoms with van der Waals surface area (Å²) >= 11 is 0. The monoisotopic (exact) mass is 338 g/mol. The molecule has 2 aromatic rings. The summed E-state index contributed by atoms with van der Waals surface area (Å²) in [7, 11) is 0. The van der Waals surface area contributed by atoms with Crippen LogP contribution in [0.25, 0.3) is 6.08 Å². The van der Waals surface area contributed by atoms with Gasteiger partial charge >= 0.3 is 6.09 Å². The van der Waals surface area contributed by atoms with Crippen LogP contribution in [0.2, 0.25) is 0 Å². The molecular formula is C20H22N2O3. The summed E-state index contributed by atoms with van der Waals surface area (Å²) < 4.78 is 5.12. The Balaban J connectivity index is 1.65. The minimum atomic E-state index is -0.429. The average molecular weight is 338 g/mol. The topological polar surface area (TPSA) is 81.4 Å². The lowest BCUT2D eigenvalue weighted by Gasteiger charge is -2.05. The van der Waals surface area contributed by atoms with Crippen molar-refractivity contribution in [2.75, 3.05) is 13.1 Å². The molecule has 2 aromatic carbocycles. The van der Waals surface area contributed by atoms with Gasteiger partial charge in [0.05, 0.1) is 6.54 Å². The number of rotatable bonds is 8. The first-order valence-electron chi connectivity index (χ1n) is 8.13. The molecule has 0 fully saturated rings. The van der Waals surface area contributed by atoms with Crippen molar-refractivity contribution in [3.63, 3.8) is 0 Å². The molecule has 0 unspecified atom stereocenters. The summed E-state index contributed by atoms with van der Waals surface area (Å²) in [5, 5.41) is 2.70. The second-order valence-corrected chi connectivity index (χ2v) is 5.43. The number of ether oxygens (including phenoxy) is 1. The first-order valence-corrected chi connectivity index (χ1v) is 8.13. The molecular weight excluding hydrogens is 316 g/mol. The molecule has 25 heavy (non-hydrogen) atoms. The maximum absolute atomic E-state index is 11.6. The molecule has 0 bridgehead atoms. The summed E-state index contributed by atoms with van der Waals surface area (Å²) in [5.74, 6) is -0.0752. The number of nitrogens with one attached hydrogen (secondary N) is 1. The van der Waals surface area contributed by atoms with Gasteiger partial charge in [-0.25, -0.2) is 4.79 Å². The third-order valence-electron chi connectivity index (χ3n) is 3.52. The van der Waals surface area contributed by atoms with Crippen molar-refractivity contribution in [3.8, 4) is 0 Å². The summed E-state index contributed by atoms with van der Waals surface area (Å²) in [5.41, 5.74) is 7.88. The van der Waals surface area contributed by atoms with Crippen LogP contribution in [0, 0.1) is 0 Å². The smallest absolute Gasteiger partial charge is 0.407 e. The number of carbonyl (C=O) groups excluding carboxylic acids is 2. The second-order valence-electron chi connectivity index (χ2n) is 5.43. The highest BCUT2D eigenvalue weighted by Crippen LogP contribution is 2.07. The number of hydrogen-bond acceptors (Lipinski definition) is 4. The highest BCUT2D eigenvalue weighted by atomic mass is 16.5. The molecule has 5 nitrogen and oxygen atoms in total. The Bertz CT molecular complexity index is 709. The largest absolute Gasteiger partial charge is 0.445 e. The molecule has 130 valence electrons. The normalized spacial score (nSPS) is 10.6. The van der Waals surface area contributed by atoms with E-state index in [1.54, 1.807) is 12.1 Å². The van der Waals surface area contributed by atoms with Gasteiger partial charge in [0.2, 0.25) is 0 Å². The van der Waals surface area contributed by atoms with E-state index in [-0.39, 0.29) is 18.9 Å².